The third-order valence-electron chi connectivity index (χ3n) is 4.28. The average Bonchev–Trinajstić information content (AvgIpc) is 2.72. The van der Waals surface area contributed by atoms with Gasteiger partial charge in [0.15, 0.2) is 0 Å². The molecule has 0 aliphatic carbocycles. The third-order valence-corrected chi connectivity index (χ3v) is 5.63. The number of nitrogens with one attached hydrogen (secondary N) is 1. The van der Waals surface area contributed by atoms with E-state index in [0.717, 1.165) is 33.5 Å². The van der Waals surface area contributed by atoms with E-state index in [4.69, 9.17) is 11.6 Å². The molecule has 23 heavy (non-hydrogen) atoms. The Morgan fingerprint density at radius 1 is 1.35 bits per heavy atom. The summed E-state index contributed by atoms with van der Waals surface area (Å²) >= 11 is 7.94. The molecule has 1 aromatic carbocycles. The van der Waals surface area contributed by atoms with Gasteiger partial charge in [-0.05, 0) is 29.3 Å². The number of hydrogen-bond donors (Lipinski definition) is 1. The van der Waals surface area contributed by atoms with E-state index >= 15 is 0 Å². The predicted octanol–water partition coefficient (Wildman–Crippen LogP) is 2.86. The number of benzene rings is 1. The van der Waals surface area contributed by atoms with E-state index in [-0.39, 0.29) is 11.9 Å². The Hall–Kier alpha value is -1.56. The molecule has 2 aliphatic rings. The second-order valence-corrected chi connectivity index (χ2v) is 7.14. The lowest BCUT2D eigenvalue weighted by molar-refractivity contribution is -0.133. The van der Waals surface area contributed by atoms with Crippen LogP contribution in [0.2, 0.25) is 5.02 Å². The maximum Gasteiger partial charge on any atom is 0.237 e. The summed E-state index contributed by atoms with van der Waals surface area (Å²) in [5, 5.41) is 3.86. The van der Waals surface area contributed by atoms with E-state index in [1.165, 1.54) is 5.56 Å². The Kier molecular flexibility index (Phi) is 4.01. The first-order chi connectivity index (χ1) is 11.2. The van der Waals surface area contributed by atoms with Crippen molar-refractivity contribution in [2.45, 2.75) is 16.7 Å². The summed E-state index contributed by atoms with van der Waals surface area (Å²) in [6, 6.07) is 9.85. The van der Waals surface area contributed by atoms with Gasteiger partial charge in [-0.15, -0.1) is 11.8 Å². The number of rotatable bonds is 1. The normalized spacial score (nSPS) is 20.7. The molecule has 1 amide bonds. The fourth-order valence-electron chi connectivity index (χ4n) is 3.19. The van der Waals surface area contributed by atoms with Crippen molar-refractivity contribution < 1.29 is 4.79 Å². The number of thioether (sulfide) groups is 1. The topological polar surface area (TPSA) is 45.2 Å². The standard InChI is InChI=1S/C17H16ClN3OS/c18-12-3-4-13-14(8-12)23-10-11-2-1-5-20-16(11)17(13)21-7-6-19-9-15(21)22/h1-5,8,17,19H,6-7,9-10H2. The van der Waals surface area contributed by atoms with Crippen LogP contribution in [0.3, 0.4) is 0 Å². The Balaban J connectivity index is 1.89. The molecule has 2 aromatic rings. The fraction of sp³-hybridized carbons (Fsp3) is 0.294. The van der Waals surface area contributed by atoms with Crippen LogP contribution in [-0.4, -0.2) is 35.4 Å². The highest BCUT2D eigenvalue weighted by molar-refractivity contribution is 7.98. The quantitative estimate of drug-likeness (QED) is 0.863. The lowest BCUT2D eigenvalue weighted by Crippen LogP contribution is -2.50. The Labute approximate surface area is 144 Å². The average molecular weight is 346 g/mol. The molecule has 1 aromatic heterocycles. The monoisotopic (exact) mass is 345 g/mol. The van der Waals surface area contributed by atoms with Gasteiger partial charge >= 0.3 is 0 Å². The molecular weight excluding hydrogens is 330 g/mol. The van der Waals surface area contributed by atoms with Gasteiger partial charge in [0.1, 0.15) is 6.04 Å². The van der Waals surface area contributed by atoms with E-state index in [9.17, 15) is 4.79 Å². The Morgan fingerprint density at radius 3 is 3.13 bits per heavy atom. The maximum atomic E-state index is 12.5. The van der Waals surface area contributed by atoms with Crippen molar-refractivity contribution in [1.82, 2.24) is 15.2 Å². The fourth-order valence-corrected chi connectivity index (χ4v) is 4.54. The van der Waals surface area contributed by atoms with Crippen LogP contribution in [0.1, 0.15) is 22.9 Å². The number of carbonyl (C=O) groups is 1. The molecule has 1 fully saturated rings. The van der Waals surface area contributed by atoms with E-state index in [0.29, 0.717) is 13.1 Å². The number of piperazine rings is 1. The van der Waals surface area contributed by atoms with Gasteiger partial charge in [-0.25, -0.2) is 0 Å². The minimum atomic E-state index is -0.136. The van der Waals surface area contributed by atoms with Crippen LogP contribution in [0.25, 0.3) is 0 Å². The first-order valence-electron chi connectivity index (χ1n) is 7.60. The summed E-state index contributed by atoms with van der Waals surface area (Å²) in [6.45, 7) is 1.88. The van der Waals surface area contributed by atoms with Gasteiger partial charge in [0.2, 0.25) is 5.91 Å². The van der Waals surface area contributed by atoms with Crippen LogP contribution in [0.15, 0.2) is 41.4 Å². The van der Waals surface area contributed by atoms with Crippen LogP contribution < -0.4 is 5.32 Å². The lowest BCUT2D eigenvalue weighted by Gasteiger charge is -2.35. The number of carbonyl (C=O) groups excluding carboxylic acids is 1. The zero-order chi connectivity index (χ0) is 15.8. The smallest absolute Gasteiger partial charge is 0.237 e. The first kappa shape index (κ1) is 15.0. The van der Waals surface area contributed by atoms with Crippen molar-refractivity contribution in [2.75, 3.05) is 19.6 Å². The van der Waals surface area contributed by atoms with Gasteiger partial charge in [-0.2, -0.15) is 0 Å². The summed E-state index contributed by atoms with van der Waals surface area (Å²) in [5.41, 5.74) is 3.28. The largest absolute Gasteiger partial charge is 0.328 e. The molecule has 0 saturated carbocycles. The summed E-state index contributed by atoms with van der Waals surface area (Å²) in [5.74, 6) is 0.957. The maximum absolute atomic E-state index is 12.5. The predicted molar refractivity (Wildman–Crippen MR) is 91.7 cm³/mol. The van der Waals surface area contributed by atoms with E-state index < -0.39 is 0 Å². The number of aromatic nitrogens is 1. The second-order valence-electron chi connectivity index (χ2n) is 5.69. The molecule has 118 valence electrons. The zero-order valence-corrected chi connectivity index (χ0v) is 14.0. The third kappa shape index (κ3) is 2.73. The summed E-state index contributed by atoms with van der Waals surface area (Å²) in [7, 11) is 0. The van der Waals surface area contributed by atoms with Gasteiger partial charge in [0, 0.05) is 35.0 Å². The minimum absolute atomic E-state index is 0.116. The van der Waals surface area contributed by atoms with E-state index in [1.807, 2.05) is 35.4 Å². The van der Waals surface area contributed by atoms with Crippen LogP contribution in [0, 0.1) is 0 Å². The van der Waals surface area contributed by atoms with Crippen molar-refractivity contribution in [1.29, 1.82) is 0 Å². The van der Waals surface area contributed by atoms with Gasteiger partial charge in [0.25, 0.3) is 0 Å². The van der Waals surface area contributed by atoms with Gasteiger partial charge in [0.05, 0.1) is 12.2 Å². The Morgan fingerprint density at radius 2 is 2.26 bits per heavy atom. The first-order valence-corrected chi connectivity index (χ1v) is 8.96. The number of pyridine rings is 1. The molecule has 1 atom stereocenters. The van der Waals surface area contributed by atoms with Gasteiger partial charge in [-0.3, -0.25) is 9.78 Å². The molecule has 6 heteroatoms. The molecule has 0 bridgehead atoms. The lowest BCUT2D eigenvalue weighted by atomic mass is 9.97. The van der Waals surface area contributed by atoms with Gasteiger partial charge < -0.3 is 10.2 Å². The van der Waals surface area contributed by atoms with Crippen molar-refractivity contribution in [3.8, 4) is 0 Å². The summed E-state index contributed by atoms with van der Waals surface area (Å²) < 4.78 is 0. The molecule has 4 nitrogen and oxygen atoms in total. The van der Waals surface area contributed by atoms with Crippen molar-refractivity contribution >= 4 is 29.3 Å². The highest BCUT2D eigenvalue weighted by Gasteiger charge is 2.34. The summed E-state index contributed by atoms with van der Waals surface area (Å²) in [6.07, 6.45) is 1.81. The van der Waals surface area contributed by atoms with Crippen LogP contribution in [0.4, 0.5) is 0 Å². The molecule has 1 unspecified atom stereocenters. The van der Waals surface area contributed by atoms with Crippen molar-refractivity contribution in [3.63, 3.8) is 0 Å². The molecule has 1 saturated heterocycles. The summed E-state index contributed by atoms with van der Waals surface area (Å²) in [4.78, 5) is 20.2. The minimum Gasteiger partial charge on any atom is -0.328 e. The van der Waals surface area contributed by atoms with Crippen molar-refractivity contribution in [3.05, 3.63) is 58.4 Å². The van der Waals surface area contributed by atoms with Crippen LogP contribution in [0.5, 0.6) is 0 Å². The SMILES string of the molecule is O=C1CNCCN1C1c2ccc(Cl)cc2SCc2cccnc21. The van der Waals surface area contributed by atoms with Crippen LogP contribution >= 0.6 is 23.4 Å². The highest BCUT2D eigenvalue weighted by Crippen LogP contribution is 2.42. The number of amides is 1. The molecular formula is C17H16ClN3OS. The molecule has 3 heterocycles. The number of nitrogens with zero attached hydrogens (tertiary/aromatic N) is 2. The molecule has 4 rings (SSSR count). The molecule has 0 spiro atoms. The number of halogens is 1. The van der Waals surface area contributed by atoms with Gasteiger partial charge in [-0.1, -0.05) is 23.7 Å². The molecule has 2 aliphatic heterocycles. The number of fused-ring (bicyclic) bond motifs is 2. The molecule has 0 radical (unpaired) electrons. The zero-order valence-electron chi connectivity index (χ0n) is 12.5. The van der Waals surface area contributed by atoms with Crippen LogP contribution in [-0.2, 0) is 10.5 Å². The Bertz CT molecular complexity index is 767. The van der Waals surface area contributed by atoms with E-state index in [2.05, 4.69) is 16.4 Å². The van der Waals surface area contributed by atoms with Crippen molar-refractivity contribution in [2.24, 2.45) is 0 Å². The second kappa shape index (κ2) is 6.15. The van der Waals surface area contributed by atoms with E-state index in [1.54, 1.807) is 11.8 Å². The molecule has 1 N–H and O–H groups in total. The number of hydrogen-bond acceptors (Lipinski definition) is 4. The highest BCUT2D eigenvalue weighted by atomic mass is 35.5.